The van der Waals surface area contributed by atoms with Crippen LogP contribution < -0.4 is 16.0 Å². The van der Waals surface area contributed by atoms with Gasteiger partial charge in [-0.15, -0.1) is 0 Å². The van der Waals surface area contributed by atoms with E-state index in [2.05, 4.69) is 16.0 Å². The highest BCUT2D eigenvalue weighted by Crippen LogP contribution is 2.28. The summed E-state index contributed by atoms with van der Waals surface area (Å²) in [6.07, 6.45) is 7.77. The van der Waals surface area contributed by atoms with Crippen molar-refractivity contribution >= 4 is 29.7 Å². The fourth-order valence-electron chi connectivity index (χ4n) is 4.83. The van der Waals surface area contributed by atoms with Gasteiger partial charge >= 0.3 is 6.09 Å². The number of nitrogens with one attached hydrogen (secondary N) is 3. The van der Waals surface area contributed by atoms with Gasteiger partial charge < -0.3 is 20.3 Å². The molecular weight excluding hydrogens is 500 g/mol. The van der Waals surface area contributed by atoms with Gasteiger partial charge in [0.1, 0.15) is 11.6 Å². The molecule has 10 heteroatoms. The van der Waals surface area contributed by atoms with Crippen LogP contribution in [0.1, 0.15) is 106 Å². The number of piperidine rings is 1. The SMILES string of the molecule is CC(C)(C)OC(=O)NCCCCCCCCCC(=O)NCc1ccc2c(c1)CN(C1CCC(=O)NC1=O)C2=O. The first-order chi connectivity index (χ1) is 18.5. The van der Waals surface area contributed by atoms with Gasteiger partial charge in [0, 0.05) is 38.0 Å². The van der Waals surface area contributed by atoms with Crippen LogP contribution in [0.3, 0.4) is 0 Å². The first-order valence-corrected chi connectivity index (χ1v) is 14.0. The topological polar surface area (TPSA) is 134 Å². The van der Waals surface area contributed by atoms with Crippen LogP contribution in [0, 0.1) is 0 Å². The molecule has 0 aromatic heterocycles. The number of nitrogens with zero attached hydrogens (tertiary/aromatic N) is 1. The van der Waals surface area contributed by atoms with Gasteiger partial charge in [-0.3, -0.25) is 24.5 Å². The molecule has 1 atom stereocenters. The van der Waals surface area contributed by atoms with Crippen LogP contribution in [0.5, 0.6) is 0 Å². The van der Waals surface area contributed by atoms with E-state index in [0.29, 0.717) is 38.0 Å². The molecule has 2 aliphatic rings. The Morgan fingerprint density at radius 2 is 1.69 bits per heavy atom. The highest BCUT2D eigenvalue weighted by atomic mass is 16.6. The lowest BCUT2D eigenvalue weighted by molar-refractivity contribution is -0.137. The number of fused-ring (bicyclic) bond motifs is 1. The van der Waals surface area contributed by atoms with Gasteiger partial charge in [0.05, 0.1) is 0 Å². The minimum atomic E-state index is -0.632. The van der Waals surface area contributed by atoms with Crippen LogP contribution in [0.25, 0.3) is 0 Å². The van der Waals surface area contributed by atoms with Gasteiger partial charge in [-0.1, -0.05) is 44.2 Å². The van der Waals surface area contributed by atoms with Gasteiger partial charge in [-0.25, -0.2) is 4.79 Å². The molecular formula is C29H42N4O6. The first-order valence-electron chi connectivity index (χ1n) is 14.0. The molecule has 0 spiro atoms. The number of alkyl carbamates (subject to hydrolysis) is 1. The fourth-order valence-corrected chi connectivity index (χ4v) is 4.83. The summed E-state index contributed by atoms with van der Waals surface area (Å²) in [5.41, 5.74) is 1.82. The zero-order valence-corrected chi connectivity index (χ0v) is 23.4. The number of rotatable bonds is 13. The van der Waals surface area contributed by atoms with E-state index in [4.69, 9.17) is 4.74 Å². The van der Waals surface area contributed by atoms with Gasteiger partial charge in [0.15, 0.2) is 0 Å². The number of hydrogen-bond acceptors (Lipinski definition) is 6. The Kier molecular flexibility index (Phi) is 10.9. The molecule has 1 aromatic carbocycles. The molecule has 3 N–H and O–H groups in total. The fraction of sp³-hybridized carbons (Fsp3) is 0.621. The summed E-state index contributed by atoms with van der Waals surface area (Å²) in [5.74, 6) is -0.926. The Bertz CT molecular complexity index is 1060. The third-order valence-electron chi connectivity index (χ3n) is 6.83. The zero-order chi connectivity index (χ0) is 28.4. The lowest BCUT2D eigenvalue weighted by Crippen LogP contribution is -2.52. The first kappa shape index (κ1) is 30.1. The van der Waals surface area contributed by atoms with Crippen LogP contribution in [0.15, 0.2) is 18.2 Å². The molecule has 39 heavy (non-hydrogen) atoms. The Hall–Kier alpha value is -3.43. The van der Waals surface area contributed by atoms with Crippen molar-refractivity contribution in [3.63, 3.8) is 0 Å². The number of unbranched alkanes of at least 4 members (excludes halogenated alkanes) is 6. The molecule has 1 unspecified atom stereocenters. The molecule has 2 heterocycles. The van der Waals surface area contributed by atoms with Crippen molar-refractivity contribution in [2.45, 2.75) is 110 Å². The molecule has 1 fully saturated rings. The quantitative estimate of drug-likeness (QED) is 0.257. The number of benzene rings is 1. The smallest absolute Gasteiger partial charge is 0.407 e. The summed E-state index contributed by atoms with van der Waals surface area (Å²) in [7, 11) is 0. The van der Waals surface area contributed by atoms with Crippen LogP contribution in [0.4, 0.5) is 4.79 Å². The van der Waals surface area contributed by atoms with Gasteiger partial charge in [-0.2, -0.15) is 0 Å². The maximum Gasteiger partial charge on any atom is 0.407 e. The highest BCUT2D eigenvalue weighted by molar-refractivity contribution is 6.05. The maximum atomic E-state index is 12.8. The summed E-state index contributed by atoms with van der Waals surface area (Å²) in [6, 6.07) is 4.85. The second-order valence-electron chi connectivity index (χ2n) is 11.3. The molecule has 0 bridgehead atoms. The van der Waals surface area contributed by atoms with E-state index in [9.17, 15) is 24.0 Å². The molecule has 0 aliphatic carbocycles. The molecule has 214 valence electrons. The van der Waals surface area contributed by atoms with Crippen molar-refractivity contribution in [1.29, 1.82) is 0 Å². The van der Waals surface area contributed by atoms with E-state index in [1.807, 2.05) is 32.9 Å². The van der Waals surface area contributed by atoms with Gasteiger partial charge in [-0.05, 0) is 57.2 Å². The monoisotopic (exact) mass is 542 g/mol. The van der Waals surface area contributed by atoms with Crippen LogP contribution in [-0.4, -0.2) is 52.8 Å². The Balaban J connectivity index is 1.25. The molecule has 3 rings (SSSR count). The predicted octanol–water partition coefficient (Wildman–Crippen LogP) is 3.71. The summed E-state index contributed by atoms with van der Waals surface area (Å²) in [6.45, 7) is 6.85. The molecule has 0 saturated carbocycles. The summed E-state index contributed by atoms with van der Waals surface area (Å²) in [5, 5.41) is 8.03. The average Bonchev–Trinajstić information content (AvgIpc) is 3.18. The molecule has 0 radical (unpaired) electrons. The van der Waals surface area contributed by atoms with Crippen LogP contribution >= 0.6 is 0 Å². The largest absolute Gasteiger partial charge is 0.444 e. The van der Waals surface area contributed by atoms with E-state index >= 15 is 0 Å². The maximum absolute atomic E-state index is 12.8. The molecule has 5 amide bonds. The number of ether oxygens (including phenoxy) is 1. The van der Waals surface area contributed by atoms with Gasteiger partial charge in [0.2, 0.25) is 17.7 Å². The predicted molar refractivity (Wildman–Crippen MR) is 146 cm³/mol. The lowest BCUT2D eigenvalue weighted by atomic mass is 10.0. The number of amides is 5. The van der Waals surface area contributed by atoms with Crippen molar-refractivity contribution in [1.82, 2.24) is 20.9 Å². The van der Waals surface area contributed by atoms with Crippen molar-refractivity contribution in [3.8, 4) is 0 Å². The van der Waals surface area contributed by atoms with Crippen LogP contribution in [0.2, 0.25) is 0 Å². The van der Waals surface area contributed by atoms with Crippen molar-refractivity contribution in [2.75, 3.05) is 6.54 Å². The van der Waals surface area contributed by atoms with Gasteiger partial charge in [0.25, 0.3) is 5.91 Å². The van der Waals surface area contributed by atoms with E-state index in [1.165, 1.54) is 4.90 Å². The summed E-state index contributed by atoms with van der Waals surface area (Å²) < 4.78 is 5.21. The third-order valence-corrected chi connectivity index (χ3v) is 6.83. The second kappa shape index (κ2) is 14.1. The number of hydrogen-bond donors (Lipinski definition) is 3. The average molecular weight is 543 g/mol. The van der Waals surface area contributed by atoms with E-state index < -0.39 is 17.6 Å². The number of carbonyl (C=O) groups excluding carboxylic acids is 5. The number of carbonyl (C=O) groups is 5. The summed E-state index contributed by atoms with van der Waals surface area (Å²) >= 11 is 0. The van der Waals surface area contributed by atoms with Crippen molar-refractivity contribution < 1.29 is 28.7 Å². The molecule has 10 nitrogen and oxygen atoms in total. The van der Waals surface area contributed by atoms with E-state index in [-0.39, 0.29) is 30.2 Å². The third kappa shape index (κ3) is 9.67. The van der Waals surface area contributed by atoms with Crippen LogP contribution in [-0.2, 0) is 32.2 Å². The number of imide groups is 1. The lowest BCUT2D eigenvalue weighted by Gasteiger charge is -2.29. The zero-order valence-electron chi connectivity index (χ0n) is 23.4. The van der Waals surface area contributed by atoms with E-state index in [0.717, 1.165) is 56.1 Å². The molecule has 1 saturated heterocycles. The minimum absolute atomic E-state index is 0.00459. The standard InChI is InChI=1S/C29H42N4O6/c1-29(2,3)39-28(38)30-16-10-8-6-4-5-7-9-11-24(34)31-18-20-12-13-22-21(17-20)19-33(27(22)37)23-14-15-25(35)32-26(23)36/h12-13,17,23H,4-11,14-16,18-19H2,1-3H3,(H,30,38)(H,31,34)(H,32,35,36). The van der Waals surface area contributed by atoms with Crippen molar-refractivity contribution in [2.24, 2.45) is 0 Å². The molecule has 1 aromatic rings. The normalized spacial score (nSPS) is 17.1. The Morgan fingerprint density at radius 3 is 2.38 bits per heavy atom. The van der Waals surface area contributed by atoms with Crippen molar-refractivity contribution in [3.05, 3.63) is 34.9 Å². The second-order valence-corrected chi connectivity index (χ2v) is 11.3. The summed E-state index contributed by atoms with van der Waals surface area (Å²) in [4.78, 5) is 61.8. The molecule has 2 aliphatic heterocycles. The minimum Gasteiger partial charge on any atom is -0.444 e. The Morgan fingerprint density at radius 1 is 1.00 bits per heavy atom. The van der Waals surface area contributed by atoms with E-state index in [1.54, 1.807) is 6.07 Å². The Labute approximate surface area is 230 Å². The highest BCUT2D eigenvalue weighted by Gasteiger charge is 2.39.